The summed E-state index contributed by atoms with van der Waals surface area (Å²) >= 11 is 0. The summed E-state index contributed by atoms with van der Waals surface area (Å²) in [5, 5.41) is 2.92. The lowest BCUT2D eigenvalue weighted by molar-refractivity contribution is -0.116. The molecule has 180 valence electrons. The molecule has 4 aromatic rings. The number of nitrogens with zero attached hydrogens (tertiary/aromatic N) is 5. The molecule has 0 unspecified atom stereocenters. The number of nitrogens with one attached hydrogen (secondary N) is 1. The molecule has 0 saturated heterocycles. The zero-order valence-electron chi connectivity index (χ0n) is 19.9. The fourth-order valence-corrected chi connectivity index (χ4v) is 5.71. The van der Waals surface area contributed by atoms with Gasteiger partial charge in [-0.25, -0.2) is 18.4 Å². The van der Waals surface area contributed by atoms with Crippen molar-refractivity contribution in [1.82, 2.24) is 23.4 Å². The van der Waals surface area contributed by atoms with E-state index in [0.29, 0.717) is 43.3 Å². The summed E-state index contributed by atoms with van der Waals surface area (Å²) in [6.45, 7) is 7.16. The standard InChI is InChI=1S/C24H30N6O3S/c1-5-29(6-2)34(32,33)17-12-13-20-19(16-17)25-22(28(20)4)14-15-23(31)27-24-26-18-10-8-9-11-21(18)30(24)7-3/h8-13,16H,5-7,14-15H2,1-4H3,(H,26,27,31). The number of imidazole rings is 2. The lowest BCUT2D eigenvalue weighted by atomic mass is 10.3. The SMILES string of the molecule is CCN(CC)S(=O)(=O)c1ccc2c(c1)nc(CCC(=O)Nc1nc3ccccc3n1CC)n2C. The van der Waals surface area contributed by atoms with Crippen molar-refractivity contribution < 1.29 is 13.2 Å². The van der Waals surface area contributed by atoms with E-state index in [2.05, 4.69) is 15.3 Å². The maximum atomic E-state index is 12.9. The molecule has 0 spiro atoms. The summed E-state index contributed by atoms with van der Waals surface area (Å²) in [6, 6.07) is 12.8. The number of sulfonamides is 1. The van der Waals surface area contributed by atoms with E-state index in [4.69, 9.17) is 0 Å². The summed E-state index contributed by atoms with van der Waals surface area (Å²) in [5.74, 6) is 1.10. The quantitative estimate of drug-likeness (QED) is 0.393. The van der Waals surface area contributed by atoms with Crippen LogP contribution in [0.3, 0.4) is 0 Å². The third-order valence-electron chi connectivity index (χ3n) is 6.09. The molecular formula is C24H30N6O3S. The molecule has 10 heteroatoms. The number of benzene rings is 2. The van der Waals surface area contributed by atoms with E-state index in [-0.39, 0.29) is 17.2 Å². The number of aromatic nitrogens is 4. The van der Waals surface area contributed by atoms with Crippen molar-refractivity contribution in [3.05, 3.63) is 48.3 Å². The summed E-state index contributed by atoms with van der Waals surface area (Å²) in [7, 11) is -1.69. The van der Waals surface area contributed by atoms with Gasteiger partial charge in [0.1, 0.15) is 5.82 Å². The minimum absolute atomic E-state index is 0.151. The van der Waals surface area contributed by atoms with Crippen molar-refractivity contribution in [2.75, 3.05) is 18.4 Å². The van der Waals surface area contributed by atoms with Crippen LogP contribution in [-0.4, -0.2) is 50.8 Å². The fourth-order valence-electron chi connectivity index (χ4n) is 4.23. The summed E-state index contributed by atoms with van der Waals surface area (Å²) in [4.78, 5) is 22.1. The van der Waals surface area contributed by atoms with Crippen LogP contribution in [0.5, 0.6) is 0 Å². The Morgan fingerprint density at radius 2 is 1.74 bits per heavy atom. The van der Waals surface area contributed by atoms with E-state index in [1.165, 1.54) is 4.31 Å². The lowest BCUT2D eigenvalue weighted by Crippen LogP contribution is -2.30. The predicted molar refractivity (Wildman–Crippen MR) is 133 cm³/mol. The van der Waals surface area contributed by atoms with Gasteiger partial charge in [0.2, 0.25) is 21.9 Å². The first kappa shape index (κ1) is 23.9. The van der Waals surface area contributed by atoms with Crippen molar-refractivity contribution in [2.24, 2.45) is 7.05 Å². The van der Waals surface area contributed by atoms with Gasteiger partial charge in [-0.15, -0.1) is 0 Å². The number of rotatable bonds is 9. The predicted octanol–water partition coefficient (Wildman–Crippen LogP) is 3.54. The second-order valence-corrected chi connectivity index (χ2v) is 9.98. The number of aryl methyl sites for hydroxylation is 3. The van der Waals surface area contributed by atoms with Gasteiger partial charge in [0.15, 0.2) is 0 Å². The van der Waals surface area contributed by atoms with Crippen LogP contribution in [0.4, 0.5) is 5.95 Å². The molecule has 2 aromatic heterocycles. The van der Waals surface area contributed by atoms with Gasteiger partial charge >= 0.3 is 0 Å². The van der Waals surface area contributed by atoms with Crippen LogP contribution < -0.4 is 5.32 Å². The normalized spacial score (nSPS) is 12.1. The maximum absolute atomic E-state index is 12.9. The van der Waals surface area contributed by atoms with Gasteiger partial charge < -0.3 is 9.13 Å². The first-order valence-electron chi connectivity index (χ1n) is 11.5. The van der Waals surface area contributed by atoms with Crippen LogP contribution in [0.25, 0.3) is 22.1 Å². The third-order valence-corrected chi connectivity index (χ3v) is 8.13. The Labute approximate surface area is 199 Å². The maximum Gasteiger partial charge on any atom is 0.243 e. The Balaban J connectivity index is 1.51. The highest BCUT2D eigenvalue weighted by Crippen LogP contribution is 2.23. The molecule has 0 aliphatic carbocycles. The summed E-state index contributed by atoms with van der Waals surface area (Å²) in [6.07, 6.45) is 0.649. The second kappa shape index (κ2) is 9.55. The molecule has 34 heavy (non-hydrogen) atoms. The van der Waals surface area contributed by atoms with Gasteiger partial charge in [-0.05, 0) is 37.3 Å². The molecule has 1 N–H and O–H groups in total. The second-order valence-electron chi connectivity index (χ2n) is 8.04. The Kier molecular flexibility index (Phi) is 6.72. The first-order chi connectivity index (χ1) is 16.3. The molecule has 0 radical (unpaired) electrons. The number of hydrogen-bond acceptors (Lipinski definition) is 5. The van der Waals surface area contributed by atoms with Gasteiger partial charge in [0, 0.05) is 39.5 Å². The van der Waals surface area contributed by atoms with Crippen molar-refractivity contribution in [1.29, 1.82) is 0 Å². The van der Waals surface area contributed by atoms with Crippen LogP contribution in [0.15, 0.2) is 47.4 Å². The van der Waals surface area contributed by atoms with E-state index in [0.717, 1.165) is 16.6 Å². The molecule has 0 aliphatic rings. The third kappa shape index (κ3) is 4.30. The van der Waals surface area contributed by atoms with Crippen LogP contribution >= 0.6 is 0 Å². The topological polar surface area (TPSA) is 102 Å². The average molecular weight is 483 g/mol. The number of fused-ring (bicyclic) bond motifs is 2. The van der Waals surface area contributed by atoms with Crippen LogP contribution in [0.1, 0.15) is 33.0 Å². The highest BCUT2D eigenvalue weighted by molar-refractivity contribution is 7.89. The molecule has 2 heterocycles. The molecule has 2 aromatic carbocycles. The lowest BCUT2D eigenvalue weighted by Gasteiger charge is -2.18. The highest BCUT2D eigenvalue weighted by atomic mass is 32.2. The Hall–Kier alpha value is -3.24. The van der Waals surface area contributed by atoms with E-state index >= 15 is 0 Å². The number of hydrogen-bond donors (Lipinski definition) is 1. The summed E-state index contributed by atoms with van der Waals surface area (Å²) in [5.41, 5.74) is 3.23. The van der Waals surface area contributed by atoms with Crippen molar-refractivity contribution in [3.63, 3.8) is 0 Å². The van der Waals surface area contributed by atoms with Gasteiger partial charge in [-0.2, -0.15) is 4.31 Å². The van der Waals surface area contributed by atoms with Crippen LogP contribution in [0, 0.1) is 0 Å². The average Bonchev–Trinajstić information content (AvgIpc) is 3.34. The van der Waals surface area contributed by atoms with E-state index in [9.17, 15) is 13.2 Å². The van der Waals surface area contributed by atoms with E-state index in [1.54, 1.807) is 18.2 Å². The number of carbonyl (C=O) groups excluding carboxylic acids is 1. The minimum Gasteiger partial charge on any atom is -0.331 e. The number of amides is 1. The van der Waals surface area contributed by atoms with E-state index < -0.39 is 10.0 Å². The van der Waals surface area contributed by atoms with Crippen molar-refractivity contribution in [2.45, 2.75) is 45.1 Å². The molecule has 0 atom stereocenters. The first-order valence-corrected chi connectivity index (χ1v) is 12.9. The molecular weight excluding hydrogens is 452 g/mol. The molecule has 0 fully saturated rings. The Morgan fingerprint density at radius 3 is 2.44 bits per heavy atom. The van der Waals surface area contributed by atoms with Crippen molar-refractivity contribution >= 4 is 43.9 Å². The monoisotopic (exact) mass is 482 g/mol. The highest BCUT2D eigenvalue weighted by Gasteiger charge is 2.23. The molecule has 4 rings (SSSR count). The van der Waals surface area contributed by atoms with Crippen LogP contribution in [-0.2, 0) is 34.8 Å². The van der Waals surface area contributed by atoms with Crippen molar-refractivity contribution in [3.8, 4) is 0 Å². The smallest absolute Gasteiger partial charge is 0.243 e. The molecule has 0 bridgehead atoms. The molecule has 0 aliphatic heterocycles. The molecule has 9 nitrogen and oxygen atoms in total. The number of para-hydroxylation sites is 2. The fraction of sp³-hybridized carbons (Fsp3) is 0.375. The largest absolute Gasteiger partial charge is 0.331 e. The molecule has 1 amide bonds. The van der Waals surface area contributed by atoms with Crippen LogP contribution in [0.2, 0.25) is 0 Å². The Bertz CT molecular complexity index is 1450. The Morgan fingerprint density at radius 1 is 1.00 bits per heavy atom. The zero-order valence-corrected chi connectivity index (χ0v) is 20.8. The van der Waals surface area contributed by atoms with Gasteiger partial charge in [0.25, 0.3) is 0 Å². The molecule has 0 saturated carbocycles. The van der Waals surface area contributed by atoms with Gasteiger partial charge in [0.05, 0.1) is 27.0 Å². The number of anilines is 1. The van der Waals surface area contributed by atoms with E-state index in [1.807, 2.05) is 61.2 Å². The van der Waals surface area contributed by atoms with Gasteiger partial charge in [-0.3, -0.25) is 10.1 Å². The van der Waals surface area contributed by atoms with Gasteiger partial charge in [-0.1, -0.05) is 26.0 Å². The number of carbonyl (C=O) groups is 1. The zero-order chi connectivity index (χ0) is 24.5. The minimum atomic E-state index is -3.56. The summed E-state index contributed by atoms with van der Waals surface area (Å²) < 4.78 is 31.0.